The lowest BCUT2D eigenvalue weighted by Crippen LogP contribution is -2.12. The van der Waals surface area contributed by atoms with Crippen LogP contribution in [0.5, 0.6) is 0 Å². The van der Waals surface area contributed by atoms with Crippen molar-refractivity contribution in [1.29, 1.82) is 0 Å². The second kappa shape index (κ2) is 4.61. The first-order valence-corrected chi connectivity index (χ1v) is 4.88. The van der Waals surface area contributed by atoms with E-state index in [2.05, 4.69) is 15.4 Å². The molecule has 0 atom stereocenters. The van der Waals surface area contributed by atoms with E-state index in [1.54, 1.807) is 23.1 Å². The second-order valence-corrected chi connectivity index (χ2v) is 3.30. The summed E-state index contributed by atoms with van der Waals surface area (Å²) in [7, 11) is 0. The topological polar surface area (TPSA) is 68.8 Å². The molecule has 0 spiro atoms. The third-order valence-corrected chi connectivity index (χ3v) is 2.05. The van der Waals surface area contributed by atoms with Gasteiger partial charge in [0, 0.05) is 18.9 Å². The van der Waals surface area contributed by atoms with Crippen molar-refractivity contribution in [3.05, 3.63) is 36.5 Å². The Balaban J connectivity index is 1.87. The lowest BCUT2D eigenvalue weighted by Gasteiger charge is -2.05. The molecule has 0 amide bonds. The summed E-state index contributed by atoms with van der Waals surface area (Å²) >= 11 is 0. The molecule has 0 radical (unpaired) electrons. The maximum atomic E-state index is 13.2. The van der Waals surface area contributed by atoms with Gasteiger partial charge < -0.3 is 11.1 Å². The molecule has 84 valence electrons. The van der Waals surface area contributed by atoms with Gasteiger partial charge in [-0.2, -0.15) is 5.10 Å². The molecule has 5 nitrogen and oxygen atoms in total. The minimum Gasteiger partial charge on any atom is -0.396 e. The normalized spacial score (nSPS) is 10.3. The Labute approximate surface area is 92.1 Å². The van der Waals surface area contributed by atoms with Crippen molar-refractivity contribution < 1.29 is 4.39 Å². The SMILES string of the molecule is Nc1cnn(CCNc2ncccc2F)c1. The number of halogens is 1. The molecule has 0 saturated heterocycles. The highest BCUT2D eigenvalue weighted by Crippen LogP contribution is 2.07. The van der Waals surface area contributed by atoms with Crippen molar-refractivity contribution in [2.24, 2.45) is 0 Å². The van der Waals surface area contributed by atoms with Gasteiger partial charge in [-0.3, -0.25) is 4.68 Å². The van der Waals surface area contributed by atoms with Crippen molar-refractivity contribution in [2.75, 3.05) is 17.6 Å². The van der Waals surface area contributed by atoms with Crippen LogP contribution in [0.4, 0.5) is 15.9 Å². The Kier molecular flexibility index (Phi) is 3.00. The van der Waals surface area contributed by atoms with Crippen LogP contribution in [0.25, 0.3) is 0 Å². The monoisotopic (exact) mass is 221 g/mol. The quantitative estimate of drug-likeness (QED) is 0.811. The minimum absolute atomic E-state index is 0.252. The maximum Gasteiger partial charge on any atom is 0.165 e. The number of hydrogen-bond acceptors (Lipinski definition) is 4. The van der Waals surface area contributed by atoms with Crippen molar-refractivity contribution in [3.63, 3.8) is 0 Å². The number of rotatable bonds is 4. The number of nitrogens with two attached hydrogens (primary N) is 1. The summed E-state index contributed by atoms with van der Waals surface area (Å²) in [6.45, 7) is 1.14. The number of hydrogen-bond donors (Lipinski definition) is 2. The molecular formula is C10H12FN5. The summed E-state index contributed by atoms with van der Waals surface area (Å²) in [6.07, 6.45) is 4.83. The zero-order chi connectivity index (χ0) is 11.4. The number of nitrogens with zero attached hydrogens (tertiary/aromatic N) is 3. The Morgan fingerprint density at radius 1 is 1.50 bits per heavy atom. The Morgan fingerprint density at radius 2 is 2.38 bits per heavy atom. The van der Waals surface area contributed by atoms with Gasteiger partial charge in [0.1, 0.15) is 0 Å². The van der Waals surface area contributed by atoms with Crippen LogP contribution in [0.2, 0.25) is 0 Å². The molecule has 0 fully saturated rings. The number of nitrogen functional groups attached to an aromatic ring is 1. The summed E-state index contributed by atoms with van der Waals surface area (Å²) in [5, 5.41) is 6.89. The fraction of sp³-hybridized carbons (Fsp3) is 0.200. The van der Waals surface area contributed by atoms with Crippen LogP contribution in [-0.4, -0.2) is 21.3 Å². The lowest BCUT2D eigenvalue weighted by atomic mass is 10.4. The van der Waals surface area contributed by atoms with Crippen LogP contribution in [-0.2, 0) is 6.54 Å². The van der Waals surface area contributed by atoms with Crippen molar-refractivity contribution in [3.8, 4) is 0 Å². The average Bonchev–Trinajstić information content (AvgIpc) is 2.67. The zero-order valence-corrected chi connectivity index (χ0v) is 8.60. The number of aromatic nitrogens is 3. The van der Waals surface area contributed by atoms with E-state index in [-0.39, 0.29) is 11.6 Å². The first kappa shape index (κ1) is 10.4. The molecule has 0 bridgehead atoms. The van der Waals surface area contributed by atoms with Gasteiger partial charge in [0.25, 0.3) is 0 Å². The Bertz CT molecular complexity index is 468. The van der Waals surface area contributed by atoms with Crippen LogP contribution in [0.15, 0.2) is 30.7 Å². The summed E-state index contributed by atoms with van der Waals surface area (Å²) in [4.78, 5) is 3.87. The predicted octanol–water partition coefficient (Wildman–Crippen LogP) is 1.11. The molecule has 2 heterocycles. The highest BCUT2D eigenvalue weighted by atomic mass is 19.1. The molecule has 2 aromatic rings. The lowest BCUT2D eigenvalue weighted by molar-refractivity contribution is 0.612. The third kappa shape index (κ3) is 2.47. The molecule has 3 N–H and O–H groups in total. The number of anilines is 2. The van der Waals surface area contributed by atoms with E-state index in [0.29, 0.717) is 18.8 Å². The zero-order valence-electron chi connectivity index (χ0n) is 8.60. The number of nitrogens with one attached hydrogen (secondary N) is 1. The van der Waals surface area contributed by atoms with Crippen LogP contribution in [0, 0.1) is 5.82 Å². The van der Waals surface area contributed by atoms with E-state index < -0.39 is 0 Å². The van der Waals surface area contributed by atoms with E-state index in [4.69, 9.17) is 5.73 Å². The Morgan fingerprint density at radius 3 is 3.06 bits per heavy atom. The molecule has 6 heteroatoms. The molecule has 0 saturated carbocycles. The first-order valence-electron chi connectivity index (χ1n) is 4.88. The van der Waals surface area contributed by atoms with Gasteiger partial charge in [-0.15, -0.1) is 0 Å². The minimum atomic E-state index is -0.359. The van der Waals surface area contributed by atoms with Gasteiger partial charge in [0.2, 0.25) is 0 Å². The summed E-state index contributed by atoms with van der Waals surface area (Å²) in [6, 6.07) is 2.91. The van der Waals surface area contributed by atoms with Gasteiger partial charge in [0.05, 0.1) is 18.4 Å². The molecule has 2 aromatic heterocycles. The van der Waals surface area contributed by atoms with Crippen molar-refractivity contribution >= 4 is 11.5 Å². The standard InChI is InChI=1S/C10H12FN5/c11-9-2-1-3-13-10(9)14-4-5-16-7-8(12)6-15-16/h1-3,6-7H,4-5,12H2,(H,13,14). The van der Waals surface area contributed by atoms with Gasteiger partial charge in [0.15, 0.2) is 11.6 Å². The molecule has 2 rings (SSSR count). The Hall–Kier alpha value is -2.11. The van der Waals surface area contributed by atoms with E-state index in [9.17, 15) is 4.39 Å². The maximum absolute atomic E-state index is 13.2. The second-order valence-electron chi connectivity index (χ2n) is 3.30. The predicted molar refractivity (Wildman–Crippen MR) is 59.3 cm³/mol. The summed E-state index contributed by atoms with van der Waals surface area (Å²) in [5.74, 6) is -0.106. The highest BCUT2D eigenvalue weighted by molar-refractivity contribution is 5.35. The molecule has 0 aromatic carbocycles. The van der Waals surface area contributed by atoms with E-state index in [1.165, 1.54) is 12.3 Å². The molecular weight excluding hydrogens is 209 g/mol. The smallest absolute Gasteiger partial charge is 0.165 e. The van der Waals surface area contributed by atoms with Crippen LogP contribution < -0.4 is 11.1 Å². The number of pyridine rings is 1. The molecule has 0 aliphatic carbocycles. The molecule has 16 heavy (non-hydrogen) atoms. The van der Waals surface area contributed by atoms with Gasteiger partial charge in [-0.25, -0.2) is 9.37 Å². The molecule has 0 unspecified atom stereocenters. The average molecular weight is 221 g/mol. The van der Waals surface area contributed by atoms with Crippen molar-refractivity contribution in [2.45, 2.75) is 6.54 Å². The van der Waals surface area contributed by atoms with Gasteiger partial charge in [-0.1, -0.05) is 0 Å². The summed E-state index contributed by atoms with van der Waals surface area (Å²) < 4.78 is 14.8. The van der Waals surface area contributed by atoms with Crippen LogP contribution in [0.3, 0.4) is 0 Å². The van der Waals surface area contributed by atoms with Gasteiger partial charge >= 0.3 is 0 Å². The first-order chi connectivity index (χ1) is 7.75. The summed E-state index contributed by atoms with van der Waals surface area (Å²) in [5.41, 5.74) is 6.12. The van der Waals surface area contributed by atoms with E-state index in [1.807, 2.05) is 0 Å². The van der Waals surface area contributed by atoms with Gasteiger partial charge in [-0.05, 0) is 12.1 Å². The molecule has 0 aliphatic rings. The fourth-order valence-corrected chi connectivity index (χ4v) is 1.31. The largest absolute Gasteiger partial charge is 0.396 e. The van der Waals surface area contributed by atoms with Crippen LogP contribution >= 0.6 is 0 Å². The fourth-order valence-electron chi connectivity index (χ4n) is 1.31. The third-order valence-electron chi connectivity index (χ3n) is 2.05. The van der Waals surface area contributed by atoms with E-state index >= 15 is 0 Å². The van der Waals surface area contributed by atoms with E-state index in [0.717, 1.165) is 0 Å². The van der Waals surface area contributed by atoms with Crippen LogP contribution in [0.1, 0.15) is 0 Å². The van der Waals surface area contributed by atoms with Crippen molar-refractivity contribution in [1.82, 2.24) is 14.8 Å². The molecule has 0 aliphatic heterocycles. The highest BCUT2D eigenvalue weighted by Gasteiger charge is 2.00.